The van der Waals surface area contributed by atoms with Crippen molar-refractivity contribution in [3.63, 3.8) is 0 Å². The molecule has 5 heteroatoms. The van der Waals surface area contributed by atoms with Gasteiger partial charge in [-0.2, -0.15) is 5.26 Å². The predicted molar refractivity (Wildman–Crippen MR) is 84.0 cm³/mol. The van der Waals surface area contributed by atoms with Crippen molar-refractivity contribution in [2.45, 2.75) is 51.0 Å². The third-order valence-electron chi connectivity index (χ3n) is 3.78. The second-order valence-corrected chi connectivity index (χ2v) is 6.59. The van der Waals surface area contributed by atoms with E-state index in [1.165, 1.54) is 0 Å². The number of carbonyl (C=O) groups excluding carboxylic acids is 1. The molecule has 1 saturated carbocycles. The Balaban J connectivity index is 2.25. The van der Waals surface area contributed by atoms with Gasteiger partial charge in [0.15, 0.2) is 0 Å². The van der Waals surface area contributed by atoms with Gasteiger partial charge in [-0.25, -0.2) is 4.79 Å². The molecule has 118 valence electrons. The summed E-state index contributed by atoms with van der Waals surface area (Å²) in [6, 6.07) is 7.73. The van der Waals surface area contributed by atoms with E-state index in [9.17, 15) is 10.1 Å². The number of methoxy groups -OCH3 is 1. The molecule has 0 heterocycles. The van der Waals surface area contributed by atoms with E-state index in [-0.39, 0.29) is 0 Å². The number of rotatable bonds is 3. The summed E-state index contributed by atoms with van der Waals surface area (Å²) in [6.45, 7) is 5.43. The van der Waals surface area contributed by atoms with E-state index >= 15 is 0 Å². The quantitative estimate of drug-likeness (QED) is 0.916. The fourth-order valence-electron chi connectivity index (χ4n) is 2.55. The van der Waals surface area contributed by atoms with Crippen LogP contribution in [0.4, 0.5) is 10.5 Å². The third-order valence-corrected chi connectivity index (χ3v) is 3.78. The van der Waals surface area contributed by atoms with E-state index in [4.69, 9.17) is 9.47 Å². The van der Waals surface area contributed by atoms with Gasteiger partial charge < -0.3 is 9.47 Å². The fourth-order valence-corrected chi connectivity index (χ4v) is 2.55. The minimum Gasteiger partial charge on any atom is -0.496 e. The van der Waals surface area contributed by atoms with Crippen molar-refractivity contribution in [3.8, 4) is 11.8 Å². The summed E-state index contributed by atoms with van der Waals surface area (Å²) in [7, 11) is 1.59. The second-order valence-electron chi connectivity index (χ2n) is 6.59. The standard InChI is InChI=1S/C17H22N2O3/c1-16(2,3)22-15(20)19-12-6-7-14(21-4)13(10-12)17(11-18)8-5-9-17/h6-7,10H,5,8-9H2,1-4H3,(H,19,20). The molecule has 0 aliphatic heterocycles. The predicted octanol–water partition coefficient (Wildman–Crippen LogP) is 3.99. The van der Waals surface area contributed by atoms with Gasteiger partial charge in [-0.05, 0) is 58.2 Å². The summed E-state index contributed by atoms with van der Waals surface area (Å²) in [4.78, 5) is 11.9. The van der Waals surface area contributed by atoms with Crippen LogP contribution in [0.15, 0.2) is 18.2 Å². The van der Waals surface area contributed by atoms with Gasteiger partial charge in [0.1, 0.15) is 11.4 Å². The molecular weight excluding hydrogens is 280 g/mol. The molecule has 22 heavy (non-hydrogen) atoms. The molecule has 0 unspecified atom stereocenters. The van der Waals surface area contributed by atoms with Crippen LogP contribution in [0.3, 0.4) is 0 Å². The molecule has 0 aromatic heterocycles. The molecule has 1 aromatic rings. The van der Waals surface area contributed by atoms with Gasteiger partial charge in [-0.1, -0.05) is 0 Å². The lowest BCUT2D eigenvalue weighted by molar-refractivity contribution is 0.0636. The Kier molecular flexibility index (Phi) is 4.32. The number of nitrogens with one attached hydrogen (secondary N) is 1. The lowest BCUT2D eigenvalue weighted by Crippen LogP contribution is -2.33. The zero-order valence-electron chi connectivity index (χ0n) is 13.5. The van der Waals surface area contributed by atoms with Crippen LogP contribution < -0.4 is 10.1 Å². The van der Waals surface area contributed by atoms with Crippen LogP contribution in [0.5, 0.6) is 5.75 Å². The van der Waals surface area contributed by atoms with Crippen LogP contribution in [0, 0.1) is 11.3 Å². The minimum absolute atomic E-state index is 0.503. The molecule has 1 aliphatic carbocycles. The molecule has 1 aliphatic rings. The molecule has 1 fully saturated rings. The molecule has 0 radical (unpaired) electrons. The summed E-state index contributed by atoms with van der Waals surface area (Å²) in [5.41, 5.74) is 0.377. The number of nitrogens with zero attached hydrogens (tertiary/aromatic N) is 1. The largest absolute Gasteiger partial charge is 0.496 e. The van der Waals surface area contributed by atoms with Gasteiger partial charge in [0.2, 0.25) is 0 Å². The number of benzene rings is 1. The zero-order valence-corrected chi connectivity index (χ0v) is 13.5. The highest BCUT2D eigenvalue weighted by atomic mass is 16.6. The van der Waals surface area contributed by atoms with E-state index in [2.05, 4.69) is 11.4 Å². The molecule has 5 nitrogen and oxygen atoms in total. The highest BCUT2D eigenvalue weighted by Crippen LogP contribution is 2.47. The Morgan fingerprint density at radius 2 is 2.05 bits per heavy atom. The maximum Gasteiger partial charge on any atom is 0.412 e. The minimum atomic E-state index is -0.554. The molecule has 1 aromatic carbocycles. The van der Waals surface area contributed by atoms with Crippen molar-refractivity contribution in [3.05, 3.63) is 23.8 Å². The van der Waals surface area contributed by atoms with Gasteiger partial charge in [-0.3, -0.25) is 5.32 Å². The summed E-state index contributed by atoms with van der Waals surface area (Å²) >= 11 is 0. The highest BCUT2D eigenvalue weighted by molar-refractivity contribution is 5.85. The van der Waals surface area contributed by atoms with Crippen molar-refractivity contribution in [1.82, 2.24) is 0 Å². The van der Waals surface area contributed by atoms with Gasteiger partial charge in [0, 0.05) is 11.3 Å². The molecular formula is C17H22N2O3. The first-order valence-electron chi connectivity index (χ1n) is 7.39. The lowest BCUT2D eigenvalue weighted by Gasteiger charge is -2.36. The van der Waals surface area contributed by atoms with E-state index in [1.54, 1.807) is 19.2 Å². The summed E-state index contributed by atoms with van der Waals surface area (Å²) in [5.74, 6) is 0.677. The van der Waals surface area contributed by atoms with Crippen molar-refractivity contribution < 1.29 is 14.3 Å². The first-order chi connectivity index (χ1) is 10.3. The normalized spacial score (nSPS) is 16.1. The average Bonchev–Trinajstić information content (AvgIpc) is 2.36. The lowest BCUT2D eigenvalue weighted by atomic mass is 9.65. The van der Waals surface area contributed by atoms with Crippen LogP contribution in [0.2, 0.25) is 0 Å². The van der Waals surface area contributed by atoms with E-state index in [0.717, 1.165) is 24.8 Å². The summed E-state index contributed by atoms with van der Waals surface area (Å²) in [6.07, 6.45) is 2.15. The van der Waals surface area contributed by atoms with Gasteiger partial charge in [-0.15, -0.1) is 0 Å². The molecule has 0 spiro atoms. The van der Waals surface area contributed by atoms with Crippen LogP contribution in [-0.2, 0) is 10.2 Å². The molecule has 0 atom stereocenters. The smallest absolute Gasteiger partial charge is 0.412 e. The highest BCUT2D eigenvalue weighted by Gasteiger charge is 2.41. The SMILES string of the molecule is COc1ccc(NC(=O)OC(C)(C)C)cc1C1(C#N)CCC1. The Morgan fingerprint density at radius 1 is 1.36 bits per heavy atom. The van der Waals surface area contributed by atoms with Crippen molar-refractivity contribution >= 4 is 11.8 Å². The first kappa shape index (κ1) is 16.2. The number of ether oxygens (including phenoxy) is 2. The fraction of sp³-hybridized carbons (Fsp3) is 0.529. The Morgan fingerprint density at radius 3 is 2.50 bits per heavy atom. The third kappa shape index (κ3) is 3.33. The monoisotopic (exact) mass is 302 g/mol. The van der Waals surface area contributed by atoms with Crippen LogP contribution >= 0.6 is 0 Å². The van der Waals surface area contributed by atoms with Crippen molar-refractivity contribution in [2.75, 3.05) is 12.4 Å². The number of amides is 1. The van der Waals surface area contributed by atoms with Crippen LogP contribution in [-0.4, -0.2) is 18.8 Å². The van der Waals surface area contributed by atoms with E-state index in [0.29, 0.717) is 11.4 Å². The van der Waals surface area contributed by atoms with Gasteiger partial charge in [0.05, 0.1) is 18.6 Å². The van der Waals surface area contributed by atoms with E-state index < -0.39 is 17.1 Å². The molecule has 0 saturated heterocycles. The Labute approximate surface area is 131 Å². The number of nitriles is 1. The van der Waals surface area contributed by atoms with Gasteiger partial charge >= 0.3 is 6.09 Å². The maximum absolute atomic E-state index is 11.9. The Hall–Kier alpha value is -2.22. The zero-order chi connectivity index (χ0) is 16.4. The molecule has 1 N–H and O–H groups in total. The molecule has 2 rings (SSSR count). The molecule has 1 amide bonds. The number of hydrogen-bond acceptors (Lipinski definition) is 4. The Bertz CT molecular complexity index is 607. The van der Waals surface area contributed by atoms with Crippen LogP contribution in [0.1, 0.15) is 45.6 Å². The maximum atomic E-state index is 11.9. The molecule has 0 bridgehead atoms. The topological polar surface area (TPSA) is 71.3 Å². The van der Waals surface area contributed by atoms with Crippen molar-refractivity contribution in [1.29, 1.82) is 5.26 Å². The van der Waals surface area contributed by atoms with Crippen LogP contribution in [0.25, 0.3) is 0 Å². The first-order valence-corrected chi connectivity index (χ1v) is 7.39. The number of anilines is 1. The number of carbonyl (C=O) groups is 1. The van der Waals surface area contributed by atoms with E-state index in [1.807, 2.05) is 26.8 Å². The summed E-state index contributed by atoms with van der Waals surface area (Å²) < 4.78 is 10.6. The average molecular weight is 302 g/mol. The summed E-state index contributed by atoms with van der Waals surface area (Å²) in [5, 5.41) is 12.2. The van der Waals surface area contributed by atoms with Gasteiger partial charge in [0.25, 0.3) is 0 Å². The second kappa shape index (κ2) is 5.88. The number of hydrogen-bond donors (Lipinski definition) is 1. The van der Waals surface area contributed by atoms with Crippen molar-refractivity contribution in [2.24, 2.45) is 0 Å².